The zero-order chi connectivity index (χ0) is 13.8. The summed E-state index contributed by atoms with van der Waals surface area (Å²) in [5, 5.41) is 3.77. The van der Waals surface area contributed by atoms with Crippen LogP contribution >= 0.6 is 0 Å². The second-order valence-electron chi connectivity index (χ2n) is 7.34. The summed E-state index contributed by atoms with van der Waals surface area (Å²) in [4.78, 5) is 2.80. The fourth-order valence-corrected chi connectivity index (χ4v) is 3.96. The molecule has 3 aliphatic rings. The lowest BCUT2D eigenvalue weighted by Crippen LogP contribution is -2.48. The fourth-order valence-electron chi connectivity index (χ4n) is 3.96. The van der Waals surface area contributed by atoms with Crippen LogP contribution in [0, 0.1) is 5.41 Å². The molecule has 0 aromatic carbocycles. The summed E-state index contributed by atoms with van der Waals surface area (Å²) >= 11 is 0. The maximum absolute atomic E-state index is 5.79. The molecule has 3 rings (SSSR count). The fraction of sp³-hybridized carbons (Fsp3) is 1.00. The molecule has 0 radical (unpaired) electrons. The van der Waals surface area contributed by atoms with Crippen LogP contribution in [-0.2, 0) is 4.74 Å². The third-order valence-electron chi connectivity index (χ3n) is 5.54. The second-order valence-corrected chi connectivity index (χ2v) is 7.34. The lowest BCUT2D eigenvalue weighted by atomic mass is 9.85. The molecule has 20 heavy (non-hydrogen) atoms. The number of hydrogen-bond donors (Lipinski definition) is 1. The van der Waals surface area contributed by atoms with Gasteiger partial charge in [0, 0.05) is 37.2 Å². The summed E-state index contributed by atoms with van der Waals surface area (Å²) in [5.74, 6) is 0. The second kappa shape index (κ2) is 6.76. The zero-order valence-corrected chi connectivity index (χ0v) is 13.2. The normalized spacial score (nSPS) is 36.1. The first kappa shape index (κ1) is 14.8. The Bertz CT molecular complexity index is 297. The molecule has 0 amide bonds. The van der Waals surface area contributed by atoms with Crippen LogP contribution in [0.1, 0.15) is 58.3 Å². The molecule has 1 aliphatic carbocycles. The predicted octanol–water partition coefficient (Wildman–Crippen LogP) is 2.80. The third kappa shape index (κ3) is 3.75. The van der Waals surface area contributed by atoms with Crippen LogP contribution in [0.15, 0.2) is 0 Å². The summed E-state index contributed by atoms with van der Waals surface area (Å²) in [6.45, 7) is 8.04. The average Bonchev–Trinajstić information content (AvgIpc) is 3.22. The van der Waals surface area contributed by atoms with E-state index in [1.165, 1.54) is 71.0 Å². The first-order valence-corrected chi connectivity index (χ1v) is 8.86. The van der Waals surface area contributed by atoms with E-state index in [9.17, 15) is 0 Å². The number of nitrogens with zero attached hydrogens (tertiary/aromatic N) is 1. The SMILES string of the molecule is CCC1CCCCCN1CC1(CNC2CC2)CCOC1. The van der Waals surface area contributed by atoms with Crippen molar-refractivity contribution in [1.29, 1.82) is 0 Å². The van der Waals surface area contributed by atoms with E-state index in [-0.39, 0.29) is 0 Å². The van der Waals surface area contributed by atoms with Crippen LogP contribution in [0.2, 0.25) is 0 Å². The van der Waals surface area contributed by atoms with Crippen molar-refractivity contribution in [3.63, 3.8) is 0 Å². The van der Waals surface area contributed by atoms with Crippen molar-refractivity contribution >= 4 is 0 Å². The van der Waals surface area contributed by atoms with Gasteiger partial charge in [-0.2, -0.15) is 0 Å². The molecule has 3 nitrogen and oxygen atoms in total. The van der Waals surface area contributed by atoms with Crippen molar-refractivity contribution in [1.82, 2.24) is 10.2 Å². The van der Waals surface area contributed by atoms with Crippen molar-refractivity contribution in [2.24, 2.45) is 5.41 Å². The van der Waals surface area contributed by atoms with Gasteiger partial charge in [0.15, 0.2) is 0 Å². The molecule has 0 bridgehead atoms. The summed E-state index contributed by atoms with van der Waals surface area (Å²) in [6.07, 6.45) is 11.0. The van der Waals surface area contributed by atoms with Crippen LogP contribution < -0.4 is 5.32 Å². The smallest absolute Gasteiger partial charge is 0.0547 e. The highest BCUT2D eigenvalue weighted by Crippen LogP contribution is 2.33. The molecule has 2 atom stereocenters. The van der Waals surface area contributed by atoms with Gasteiger partial charge in [-0.15, -0.1) is 0 Å². The van der Waals surface area contributed by atoms with E-state index in [1.807, 2.05) is 0 Å². The molecule has 0 spiro atoms. The Morgan fingerprint density at radius 3 is 2.80 bits per heavy atom. The molecular formula is C17H32N2O. The van der Waals surface area contributed by atoms with Gasteiger partial charge in [-0.1, -0.05) is 19.8 Å². The lowest BCUT2D eigenvalue weighted by Gasteiger charge is -2.38. The number of rotatable bonds is 6. The highest BCUT2D eigenvalue weighted by Gasteiger charge is 2.39. The van der Waals surface area contributed by atoms with Crippen molar-refractivity contribution in [3.05, 3.63) is 0 Å². The molecule has 2 saturated heterocycles. The number of hydrogen-bond acceptors (Lipinski definition) is 3. The van der Waals surface area contributed by atoms with E-state index in [4.69, 9.17) is 4.74 Å². The maximum Gasteiger partial charge on any atom is 0.0547 e. The Balaban J connectivity index is 1.60. The van der Waals surface area contributed by atoms with Gasteiger partial charge in [0.25, 0.3) is 0 Å². The highest BCUT2D eigenvalue weighted by molar-refractivity contribution is 4.93. The van der Waals surface area contributed by atoms with Crippen LogP contribution in [0.3, 0.4) is 0 Å². The van der Waals surface area contributed by atoms with Gasteiger partial charge in [-0.05, 0) is 45.1 Å². The molecule has 2 heterocycles. The van der Waals surface area contributed by atoms with E-state index in [0.29, 0.717) is 5.41 Å². The molecular weight excluding hydrogens is 248 g/mol. The Morgan fingerprint density at radius 1 is 1.20 bits per heavy atom. The molecule has 116 valence electrons. The van der Waals surface area contributed by atoms with Crippen molar-refractivity contribution in [3.8, 4) is 0 Å². The maximum atomic E-state index is 5.79. The average molecular weight is 280 g/mol. The van der Waals surface area contributed by atoms with Gasteiger partial charge >= 0.3 is 0 Å². The van der Waals surface area contributed by atoms with Gasteiger partial charge in [0.05, 0.1) is 6.61 Å². The topological polar surface area (TPSA) is 24.5 Å². The minimum Gasteiger partial charge on any atom is -0.381 e. The number of ether oxygens (including phenoxy) is 1. The monoisotopic (exact) mass is 280 g/mol. The van der Waals surface area contributed by atoms with E-state index in [2.05, 4.69) is 17.1 Å². The van der Waals surface area contributed by atoms with Crippen LogP contribution in [-0.4, -0.2) is 49.8 Å². The minimum atomic E-state index is 0.389. The van der Waals surface area contributed by atoms with Crippen molar-refractivity contribution in [2.75, 3.05) is 32.8 Å². The highest BCUT2D eigenvalue weighted by atomic mass is 16.5. The van der Waals surface area contributed by atoms with Gasteiger partial charge in [-0.3, -0.25) is 4.90 Å². The first-order chi connectivity index (χ1) is 9.81. The number of likely N-dealkylation sites (tertiary alicyclic amines) is 1. The largest absolute Gasteiger partial charge is 0.381 e. The van der Waals surface area contributed by atoms with Gasteiger partial charge < -0.3 is 10.1 Å². The van der Waals surface area contributed by atoms with Crippen molar-refractivity contribution < 1.29 is 4.74 Å². The molecule has 0 aromatic rings. The lowest BCUT2D eigenvalue weighted by molar-refractivity contribution is 0.0841. The van der Waals surface area contributed by atoms with E-state index < -0.39 is 0 Å². The molecule has 3 heteroatoms. The van der Waals surface area contributed by atoms with E-state index in [1.54, 1.807) is 0 Å². The number of nitrogens with one attached hydrogen (secondary N) is 1. The Kier molecular flexibility index (Phi) is 5.00. The van der Waals surface area contributed by atoms with Gasteiger partial charge in [-0.25, -0.2) is 0 Å². The standard InChI is InChI=1S/C17H32N2O/c1-2-16-6-4-3-5-10-19(16)13-17(9-11-20-14-17)12-18-15-7-8-15/h15-16,18H,2-14H2,1H3. The summed E-state index contributed by atoms with van der Waals surface area (Å²) in [5.41, 5.74) is 0.389. The molecule has 2 unspecified atom stereocenters. The molecule has 2 aliphatic heterocycles. The molecule has 1 saturated carbocycles. The predicted molar refractivity (Wildman–Crippen MR) is 83.0 cm³/mol. The zero-order valence-electron chi connectivity index (χ0n) is 13.2. The Morgan fingerprint density at radius 2 is 2.10 bits per heavy atom. The quantitative estimate of drug-likeness (QED) is 0.810. The van der Waals surface area contributed by atoms with E-state index >= 15 is 0 Å². The molecule has 0 aromatic heterocycles. The van der Waals surface area contributed by atoms with Crippen LogP contribution in [0.4, 0.5) is 0 Å². The van der Waals surface area contributed by atoms with Crippen LogP contribution in [0.25, 0.3) is 0 Å². The summed E-state index contributed by atoms with van der Waals surface area (Å²) < 4.78 is 5.79. The molecule has 1 N–H and O–H groups in total. The molecule has 3 fully saturated rings. The first-order valence-electron chi connectivity index (χ1n) is 8.86. The summed E-state index contributed by atoms with van der Waals surface area (Å²) in [7, 11) is 0. The third-order valence-corrected chi connectivity index (χ3v) is 5.54. The van der Waals surface area contributed by atoms with Crippen LogP contribution in [0.5, 0.6) is 0 Å². The minimum absolute atomic E-state index is 0.389. The van der Waals surface area contributed by atoms with Crippen molar-refractivity contribution in [2.45, 2.75) is 70.4 Å². The Hall–Kier alpha value is -0.120. The van der Waals surface area contributed by atoms with Gasteiger partial charge in [0.2, 0.25) is 0 Å². The summed E-state index contributed by atoms with van der Waals surface area (Å²) in [6, 6.07) is 1.63. The van der Waals surface area contributed by atoms with E-state index in [0.717, 1.165) is 25.3 Å². The Labute approximate surface area is 124 Å². The van der Waals surface area contributed by atoms with Gasteiger partial charge in [0.1, 0.15) is 0 Å².